The minimum atomic E-state index is -3.33. The molecular formula is C15H22N2O4S. The first kappa shape index (κ1) is 15.5. The Morgan fingerprint density at radius 3 is 2.73 bits per heavy atom. The predicted octanol–water partition coefficient (Wildman–Crippen LogP) is 1.55. The predicted molar refractivity (Wildman–Crippen MR) is 80.9 cm³/mol. The highest BCUT2D eigenvalue weighted by Crippen LogP contribution is 2.32. The number of nitrogens with zero attached hydrogens (tertiary/aromatic N) is 2. The van der Waals surface area contributed by atoms with Crippen LogP contribution in [0.2, 0.25) is 0 Å². The van der Waals surface area contributed by atoms with Crippen LogP contribution in [0.1, 0.15) is 43.6 Å². The number of aromatic nitrogens is 1. The molecule has 1 saturated heterocycles. The Kier molecular flexibility index (Phi) is 4.52. The number of rotatable bonds is 7. The van der Waals surface area contributed by atoms with Crippen LogP contribution in [0.5, 0.6) is 0 Å². The Labute approximate surface area is 130 Å². The maximum absolute atomic E-state index is 12.1. The summed E-state index contributed by atoms with van der Waals surface area (Å²) >= 11 is 0. The first-order valence-corrected chi connectivity index (χ1v) is 9.77. The summed E-state index contributed by atoms with van der Waals surface area (Å²) in [4.78, 5) is 13.7. The van der Waals surface area contributed by atoms with Gasteiger partial charge in [0.25, 0.3) is 0 Å². The zero-order chi connectivity index (χ0) is 15.6. The Morgan fingerprint density at radius 1 is 1.32 bits per heavy atom. The molecule has 1 aromatic rings. The van der Waals surface area contributed by atoms with Crippen molar-refractivity contribution >= 4 is 15.7 Å². The van der Waals surface area contributed by atoms with E-state index in [-0.39, 0.29) is 23.8 Å². The third-order valence-electron chi connectivity index (χ3n) is 4.25. The van der Waals surface area contributed by atoms with E-state index in [1.807, 2.05) is 0 Å². The van der Waals surface area contributed by atoms with Crippen molar-refractivity contribution in [2.24, 2.45) is 5.92 Å². The first-order valence-electron chi connectivity index (χ1n) is 7.94. The van der Waals surface area contributed by atoms with Crippen molar-refractivity contribution in [3.8, 4) is 0 Å². The molecule has 2 heterocycles. The highest BCUT2D eigenvalue weighted by Gasteiger charge is 2.25. The van der Waals surface area contributed by atoms with Gasteiger partial charge in [-0.25, -0.2) is 8.42 Å². The van der Waals surface area contributed by atoms with Crippen molar-refractivity contribution in [1.29, 1.82) is 0 Å². The average Bonchev–Trinajstić information content (AvgIpc) is 2.94. The molecule has 1 amide bonds. The Hall–Kier alpha value is -1.37. The summed E-state index contributed by atoms with van der Waals surface area (Å²) in [6, 6.07) is 1.73. The molecule has 0 radical (unpaired) electrons. The maximum atomic E-state index is 12.1. The standard InChI is InChI=1S/C15H22N2O4S/c18-15(17-6-1-2-7-17)5-8-22(19,20)11-13-10-14(21-16-13)9-12-3-4-12/h10,12H,1-9,11H2. The van der Waals surface area contributed by atoms with E-state index >= 15 is 0 Å². The minimum Gasteiger partial charge on any atom is -0.361 e. The fraction of sp³-hybridized carbons (Fsp3) is 0.733. The van der Waals surface area contributed by atoms with Gasteiger partial charge in [-0.05, 0) is 31.6 Å². The molecule has 22 heavy (non-hydrogen) atoms. The van der Waals surface area contributed by atoms with Gasteiger partial charge < -0.3 is 9.42 Å². The van der Waals surface area contributed by atoms with Crippen LogP contribution in [0.25, 0.3) is 0 Å². The van der Waals surface area contributed by atoms with Crippen molar-refractivity contribution < 1.29 is 17.7 Å². The van der Waals surface area contributed by atoms with Gasteiger partial charge >= 0.3 is 0 Å². The number of carbonyl (C=O) groups is 1. The zero-order valence-electron chi connectivity index (χ0n) is 12.7. The molecule has 2 aliphatic rings. The second-order valence-corrected chi connectivity index (χ2v) is 8.55. The fourth-order valence-corrected chi connectivity index (χ4v) is 4.01. The van der Waals surface area contributed by atoms with Crippen molar-refractivity contribution in [3.05, 3.63) is 17.5 Å². The second-order valence-electron chi connectivity index (χ2n) is 6.36. The number of amides is 1. The number of carbonyl (C=O) groups excluding carboxylic acids is 1. The summed E-state index contributed by atoms with van der Waals surface area (Å²) < 4.78 is 29.4. The molecule has 0 spiro atoms. The Morgan fingerprint density at radius 2 is 2.05 bits per heavy atom. The summed E-state index contributed by atoms with van der Waals surface area (Å²) in [6.45, 7) is 1.51. The van der Waals surface area contributed by atoms with Gasteiger partial charge in [-0.2, -0.15) is 0 Å². The zero-order valence-corrected chi connectivity index (χ0v) is 13.5. The quantitative estimate of drug-likeness (QED) is 0.759. The summed E-state index contributed by atoms with van der Waals surface area (Å²) in [5, 5.41) is 3.84. The summed E-state index contributed by atoms with van der Waals surface area (Å²) in [5.41, 5.74) is 0.448. The van der Waals surface area contributed by atoms with Crippen LogP contribution in [-0.4, -0.2) is 43.2 Å². The van der Waals surface area contributed by atoms with E-state index in [0.717, 1.165) is 38.1 Å². The lowest BCUT2D eigenvalue weighted by Gasteiger charge is -2.14. The van der Waals surface area contributed by atoms with Gasteiger partial charge in [0.15, 0.2) is 9.84 Å². The SMILES string of the molecule is O=C(CCS(=O)(=O)Cc1cc(CC2CC2)on1)N1CCCC1. The molecular weight excluding hydrogens is 304 g/mol. The lowest BCUT2D eigenvalue weighted by atomic mass is 10.2. The normalized spacial score (nSPS) is 18.8. The van der Waals surface area contributed by atoms with E-state index in [1.54, 1.807) is 11.0 Å². The molecule has 0 atom stereocenters. The third-order valence-corrected chi connectivity index (χ3v) is 5.81. The van der Waals surface area contributed by atoms with E-state index in [2.05, 4.69) is 5.16 Å². The van der Waals surface area contributed by atoms with Crippen molar-refractivity contribution in [2.45, 2.75) is 44.3 Å². The topological polar surface area (TPSA) is 80.5 Å². The molecule has 122 valence electrons. The van der Waals surface area contributed by atoms with Crippen LogP contribution in [-0.2, 0) is 26.8 Å². The molecule has 0 N–H and O–H groups in total. The number of sulfone groups is 1. The van der Waals surface area contributed by atoms with Crippen molar-refractivity contribution in [3.63, 3.8) is 0 Å². The second kappa shape index (κ2) is 6.40. The number of hydrogen-bond acceptors (Lipinski definition) is 5. The molecule has 3 rings (SSSR count). The van der Waals surface area contributed by atoms with Crippen molar-refractivity contribution in [1.82, 2.24) is 10.1 Å². The van der Waals surface area contributed by atoms with Crippen LogP contribution >= 0.6 is 0 Å². The minimum absolute atomic E-state index is 0.0596. The lowest BCUT2D eigenvalue weighted by Crippen LogP contribution is -2.29. The average molecular weight is 326 g/mol. The van der Waals surface area contributed by atoms with E-state index in [1.165, 1.54) is 12.8 Å². The molecule has 0 bridgehead atoms. The first-order chi connectivity index (χ1) is 10.5. The van der Waals surface area contributed by atoms with Gasteiger partial charge in [0.2, 0.25) is 5.91 Å². The van der Waals surface area contributed by atoms with Crippen molar-refractivity contribution in [2.75, 3.05) is 18.8 Å². The summed E-state index contributed by atoms with van der Waals surface area (Å²) in [6.07, 6.45) is 5.37. The Bertz CT molecular complexity index is 628. The molecule has 1 aromatic heterocycles. The van der Waals surface area contributed by atoms with Crippen LogP contribution < -0.4 is 0 Å². The van der Waals surface area contributed by atoms with Gasteiger partial charge in [-0.15, -0.1) is 0 Å². The van der Waals surface area contributed by atoms with Crippen LogP contribution in [0, 0.1) is 5.92 Å². The molecule has 1 aliphatic heterocycles. The van der Waals surface area contributed by atoms with Crippen LogP contribution in [0.4, 0.5) is 0 Å². The van der Waals surface area contributed by atoms with Gasteiger partial charge in [-0.3, -0.25) is 4.79 Å². The van der Waals surface area contributed by atoms with Gasteiger partial charge in [-0.1, -0.05) is 5.16 Å². The molecule has 2 fully saturated rings. The number of hydrogen-bond donors (Lipinski definition) is 0. The fourth-order valence-electron chi connectivity index (χ4n) is 2.79. The monoisotopic (exact) mass is 326 g/mol. The van der Waals surface area contributed by atoms with E-state index in [4.69, 9.17) is 4.52 Å². The molecule has 7 heteroatoms. The van der Waals surface area contributed by atoms with Crippen LogP contribution in [0.15, 0.2) is 10.6 Å². The van der Waals surface area contributed by atoms with Crippen LogP contribution in [0.3, 0.4) is 0 Å². The lowest BCUT2D eigenvalue weighted by molar-refractivity contribution is -0.129. The van der Waals surface area contributed by atoms with Gasteiger partial charge in [0.05, 0.1) is 17.2 Å². The van der Waals surface area contributed by atoms with Gasteiger partial charge in [0.1, 0.15) is 5.76 Å². The summed E-state index contributed by atoms with van der Waals surface area (Å²) in [5.74, 6) is 1.12. The third kappa shape index (κ3) is 4.32. The Balaban J connectivity index is 1.49. The molecule has 0 aromatic carbocycles. The smallest absolute Gasteiger partial charge is 0.223 e. The molecule has 1 aliphatic carbocycles. The van der Waals surface area contributed by atoms with Gasteiger partial charge in [0, 0.05) is 32.0 Å². The highest BCUT2D eigenvalue weighted by molar-refractivity contribution is 7.90. The van der Waals surface area contributed by atoms with E-state index in [9.17, 15) is 13.2 Å². The summed E-state index contributed by atoms with van der Waals surface area (Å²) in [7, 11) is -3.33. The number of likely N-dealkylation sites (tertiary alicyclic amines) is 1. The van der Waals surface area contributed by atoms with E-state index in [0.29, 0.717) is 11.6 Å². The largest absolute Gasteiger partial charge is 0.361 e. The maximum Gasteiger partial charge on any atom is 0.223 e. The molecule has 6 nitrogen and oxygen atoms in total. The highest BCUT2D eigenvalue weighted by atomic mass is 32.2. The van der Waals surface area contributed by atoms with E-state index < -0.39 is 9.84 Å². The molecule has 0 unspecified atom stereocenters. The molecule has 1 saturated carbocycles.